The quantitative estimate of drug-likeness (QED) is 0.609. The molecule has 1 saturated heterocycles. The van der Waals surface area contributed by atoms with E-state index in [4.69, 9.17) is 14.3 Å². The third-order valence-corrected chi connectivity index (χ3v) is 5.75. The van der Waals surface area contributed by atoms with Gasteiger partial charge in [0.1, 0.15) is 0 Å². The number of hydroxylamine groups is 2. The van der Waals surface area contributed by atoms with Gasteiger partial charge in [0.2, 0.25) is 0 Å². The maximum Gasteiger partial charge on any atom is 0.325 e. The third kappa shape index (κ3) is 3.01. The Hall–Kier alpha value is -1.92. The molecule has 0 amide bonds. The van der Waals surface area contributed by atoms with E-state index in [2.05, 4.69) is 0 Å². The van der Waals surface area contributed by atoms with Crippen LogP contribution in [0.1, 0.15) is 50.1 Å². The minimum absolute atomic E-state index is 0.267. The predicted molar refractivity (Wildman–Crippen MR) is 94.9 cm³/mol. The molecule has 0 bridgehead atoms. The molecule has 2 fully saturated rings. The van der Waals surface area contributed by atoms with Crippen LogP contribution in [0.3, 0.4) is 0 Å². The van der Waals surface area contributed by atoms with E-state index in [1.54, 1.807) is 12.1 Å². The van der Waals surface area contributed by atoms with Gasteiger partial charge in [0.05, 0.1) is 25.9 Å². The van der Waals surface area contributed by atoms with E-state index < -0.39 is 29.0 Å². The molecule has 142 valence electrons. The summed E-state index contributed by atoms with van der Waals surface area (Å²) in [4.78, 5) is 32.4. The third-order valence-electron chi connectivity index (χ3n) is 5.75. The zero-order chi connectivity index (χ0) is 18.8. The Morgan fingerprint density at radius 2 is 1.62 bits per heavy atom. The van der Waals surface area contributed by atoms with Crippen molar-refractivity contribution in [1.82, 2.24) is 5.06 Å². The van der Waals surface area contributed by atoms with Crippen LogP contribution >= 0.6 is 0 Å². The topological polar surface area (TPSA) is 65.1 Å². The number of benzene rings is 1. The van der Waals surface area contributed by atoms with Gasteiger partial charge in [-0.15, -0.1) is 0 Å². The van der Waals surface area contributed by atoms with E-state index in [0.717, 1.165) is 37.7 Å². The summed E-state index contributed by atoms with van der Waals surface area (Å²) in [7, 11) is 4.42. The molecular weight excluding hydrogens is 334 g/mol. The fourth-order valence-electron chi connectivity index (χ4n) is 4.71. The molecule has 1 aliphatic carbocycles. The van der Waals surface area contributed by atoms with Gasteiger partial charge in [-0.2, -0.15) is 5.06 Å². The highest BCUT2D eigenvalue weighted by atomic mass is 16.7. The Balaban J connectivity index is 2.15. The summed E-state index contributed by atoms with van der Waals surface area (Å²) in [6.45, 7) is 0. The predicted octanol–water partition coefficient (Wildman–Crippen LogP) is 3.03. The molecule has 1 saturated carbocycles. The molecule has 1 heterocycles. The van der Waals surface area contributed by atoms with Crippen LogP contribution in [0.15, 0.2) is 30.3 Å². The van der Waals surface area contributed by atoms with E-state index >= 15 is 0 Å². The second kappa shape index (κ2) is 7.37. The van der Waals surface area contributed by atoms with E-state index in [0.29, 0.717) is 0 Å². The Bertz CT molecular complexity index is 637. The molecule has 0 radical (unpaired) electrons. The highest BCUT2D eigenvalue weighted by Crippen LogP contribution is 2.54. The van der Waals surface area contributed by atoms with E-state index in [-0.39, 0.29) is 6.42 Å². The van der Waals surface area contributed by atoms with Gasteiger partial charge < -0.3 is 9.47 Å². The van der Waals surface area contributed by atoms with Crippen LogP contribution in [0.2, 0.25) is 0 Å². The zero-order valence-corrected chi connectivity index (χ0v) is 15.7. The van der Waals surface area contributed by atoms with Crippen molar-refractivity contribution in [2.75, 3.05) is 21.3 Å². The fourth-order valence-corrected chi connectivity index (χ4v) is 4.71. The molecule has 0 unspecified atom stereocenters. The molecule has 1 spiro atoms. The number of carbonyl (C=O) groups is 2. The van der Waals surface area contributed by atoms with Crippen molar-refractivity contribution in [3.63, 3.8) is 0 Å². The Morgan fingerprint density at radius 1 is 1.04 bits per heavy atom. The molecule has 0 aromatic heterocycles. The van der Waals surface area contributed by atoms with Crippen LogP contribution in [0.5, 0.6) is 0 Å². The smallest absolute Gasteiger partial charge is 0.325 e. The average molecular weight is 361 g/mol. The lowest BCUT2D eigenvalue weighted by Gasteiger charge is -2.53. The van der Waals surface area contributed by atoms with Crippen LogP contribution < -0.4 is 0 Å². The van der Waals surface area contributed by atoms with Crippen molar-refractivity contribution in [3.05, 3.63) is 35.9 Å². The van der Waals surface area contributed by atoms with Crippen LogP contribution in [0, 0.1) is 5.41 Å². The number of ether oxygens (including phenoxy) is 2. The lowest BCUT2D eigenvalue weighted by atomic mass is 9.65. The summed E-state index contributed by atoms with van der Waals surface area (Å²) in [5.74, 6) is -1.14. The monoisotopic (exact) mass is 361 g/mol. The number of hydrogen-bond acceptors (Lipinski definition) is 6. The van der Waals surface area contributed by atoms with Gasteiger partial charge in [-0.05, 0) is 18.4 Å². The zero-order valence-electron chi connectivity index (χ0n) is 15.7. The lowest BCUT2D eigenvalue weighted by Crippen LogP contribution is -2.62. The average Bonchev–Trinajstić information content (AvgIpc) is 2.67. The van der Waals surface area contributed by atoms with Crippen molar-refractivity contribution >= 4 is 11.9 Å². The number of esters is 2. The second-order valence-corrected chi connectivity index (χ2v) is 7.33. The van der Waals surface area contributed by atoms with Gasteiger partial charge in [0, 0.05) is 13.5 Å². The summed E-state index contributed by atoms with van der Waals surface area (Å²) in [5, 5.41) is 1.66. The van der Waals surface area contributed by atoms with E-state index in [1.165, 1.54) is 14.2 Å². The first kappa shape index (κ1) is 18.9. The molecule has 6 nitrogen and oxygen atoms in total. The maximum absolute atomic E-state index is 13.0. The standard InChI is InChI=1S/C20H27NO5/c1-21-16(15-10-6-4-7-11-15)20(17(22)24-2,18(23)25-3)14-19(26-21)12-8-5-9-13-19/h4,6-7,10-11,16H,5,8-9,12-14H2,1-3H3/t16-/m1/s1. The van der Waals surface area contributed by atoms with Gasteiger partial charge in [-0.25, -0.2) is 0 Å². The Kier molecular flexibility index (Phi) is 5.34. The molecule has 1 aliphatic heterocycles. The molecule has 0 N–H and O–H groups in total. The first-order valence-electron chi connectivity index (χ1n) is 9.13. The second-order valence-electron chi connectivity index (χ2n) is 7.33. The highest BCUT2D eigenvalue weighted by molar-refractivity contribution is 6.01. The number of rotatable bonds is 3. The molecule has 1 aromatic carbocycles. The van der Waals surface area contributed by atoms with Crippen LogP contribution in [-0.4, -0.2) is 43.9 Å². The summed E-state index contributed by atoms with van der Waals surface area (Å²) < 4.78 is 10.3. The first-order chi connectivity index (χ1) is 12.5. The molecular formula is C20H27NO5. The summed E-state index contributed by atoms with van der Waals surface area (Å²) in [6.07, 6.45) is 5.07. The van der Waals surface area contributed by atoms with Crippen LogP contribution in [0.25, 0.3) is 0 Å². The Labute approximate surface area is 154 Å². The van der Waals surface area contributed by atoms with Crippen LogP contribution in [-0.2, 0) is 23.9 Å². The minimum Gasteiger partial charge on any atom is -0.468 e. The number of carbonyl (C=O) groups excluding carboxylic acids is 2. The Morgan fingerprint density at radius 3 is 2.15 bits per heavy atom. The van der Waals surface area contributed by atoms with Gasteiger partial charge in [0.15, 0.2) is 5.41 Å². The van der Waals surface area contributed by atoms with Crippen molar-refractivity contribution in [3.8, 4) is 0 Å². The van der Waals surface area contributed by atoms with E-state index in [9.17, 15) is 9.59 Å². The van der Waals surface area contributed by atoms with Crippen molar-refractivity contribution in [2.45, 2.75) is 50.2 Å². The van der Waals surface area contributed by atoms with Gasteiger partial charge in [-0.1, -0.05) is 49.6 Å². The SMILES string of the molecule is COC(=O)C1(C(=O)OC)CC2(CCCCC2)ON(C)[C@@H]1c1ccccc1. The number of nitrogens with zero attached hydrogens (tertiary/aromatic N) is 1. The van der Waals surface area contributed by atoms with Gasteiger partial charge >= 0.3 is 11.9 Å². The minimum atomic E-state index is -1.46. The van der Waals surface area contributed by atoms with Gasteiger partial charge in [0.25, 0.3) is 0 Å². The normalized spacial score (nSPS) is 24.8. The fraction of sp³-hybridized carbons (Fsp3) is 0.600. The highest BCUT2D eigenvalue weighted by Gasteiger charge is 2.64. The largest absolute Gasteiger partial charge is 0.468 e. The molecule has 1 aromatic rings. The van der Waals surface area contributed by atoms with Crippen LogP contribution in [0.4, 0.5) is 0 Å². The first-order valence-corrected chi connectivity index (χ1v) is 9.13. The van der Waals surface area contributed by atoms with Crippen molar-refractivity contribution in [2.24, 2.45) is 5.41 Å². The summed E-state index contributed by atoms with van der Waals surface area (Å²) in [5.41, 5.74) is -1.19. The maximum atomic E-state index is 13.0. The van der Waals surface area contributed by atoms with Crippen molar-refractivity contribution < 1.29 is 23.9 Å². The molecule has 6 heteroatoms. The van der Waals surface area contributed by atoms with Crippen molar-refractivity contribution in [1.29, 1.82) is 0 Å². The summed E-state index contributed by atoms with van der Waals surface area (Å²) >= 11 is 0. The van der Waals surface area contributed by atoms with Gasteiger partial charge in [-0.3, -0.25) is 14.4 Å². The van der Waals surface area contributed by atoms with E-state index in [1.807, 2.05) is 30.3 Å². The molecule has 26 heavy (non-hydrogen) atoms. The molecule has 2 aliphatic rings. The molecule has 1 atom stereocenters. The number of hydrogen-bond donors (Lipinski definition) is 0. The molecule has 3 rings (SSSR count). The summed E-state index contributed by atoms with van der Waals surface area (Å²) in [6, 6.07) is 8.83. The lowest BCUT2D eigenvalue weighted by molar-refractivity contribution is -0.322. The number of methoxy groups -OCH3 is 2.